The quantitative estimate of drug-likeness (QED) is 0.0715. The van der Waals surface area contributed by atoms with Gasteiger partial charge in [-0.2, -0.15) is 0 Å². The number of likely N-dealkylation sites (tertiary alicyclic amines) is 1. The Kier molecular flexibility index (Phi) is 11.6. The fourth-order valence-corrected chi connectivity index (χ4v) is 6.20. The molecule has 1 aromatic heterocycles. The third-order valence-electron chi connectivity index (χ3n) is 9.06. The topological polar surface area (TPSA) is 158 Å². The molecule has 1 saturated heterocycles. The lowest BCUT2D eigenvalue weighted by atomic mass is 9.96. The van der Waals surface area contributed by atoms with Gasteiger partial charge in [0, 0.05) is 19.0 Å². The van der Waals surface area contributed by atoms with Crippen LogP contribution in [0.3, 0.4) is 0 Å². The molecule has 1 aliphatic heterocycles. The summed E-state index contributed by atoms with van der Waals surface area (Å²) in [6.07, 6.45) is -1.07. The zero-order chi connectivity index (χ0) is 38.2. The van der Waals surface area contributed by atoms with Crippen LogP contribution in [0.1, 0.15) is 56.4 Å². The SMILES string of the molecule is CC(C)(C)OC(=O)N1CCC(C(N)=NCc2ccc(OC[C@H](On3c(O)c4ccccc4c3O)C(=O)OC(c3ccccc3)c3ccccc3)cc2)CC1. The van der Waals surface area contributed by atoms with Gasteiger partial charge in [-0.05, 0) is 74.6 Å². The van der Waals surface area contributed by atoms with E-state index in [1.807, 2.05) is 93.6 Å². The standard InChI is InChI=1S/C42H46N4O8/c1-42(2,3)53-41(50)45-24-22-31(23-25-45)37(43)44-26-28-18-20-32(21-19-28)51-27-35(54-46-38(47)33-16-10-11-17-34(33)39(46)48)40(49)52-36(29-12-6-4-7-13-29)30-14-8-5-9-15-30/h4-21,31,35-36,47-48H,22-27H2,1-3H3,(H2,43,44)/t35-/m0/s1. The normalized spacial score (nSPS) is 14.5. The highest BCUT2D eigenvalue weighted by molar-refractivity contribution is 5.92. The van der Waals surface area contributed by atoms with Crippen LogP contribution in [-0.2, 0) is 20.8 Å². The lowest BCUT2D eigenvalue weighted by Crippen LogP contribution is -2.44. The maximum atomic E-state index is 13.9. The molecular formula is C42H46N4O8. The van der Waals surface area contributed by atoms with Gasteiger partial charge in [-0.1, -0.05) is 84.9 Å². The number of aliphatic imine (C=N–C) groups is 1. The zero-order valence-corrected chi connectivity index (χ0v) is 30.6. The summed E-state index contributed by atoms with van der Waals surface area (Å²) in [5.41, 5.74) is 8.22. The first-order chi connectivity index (χ1) is 26.0. The summed E-state index contributed by atoms with van der Waals surface area (Å²) in [5.74, 6) is -0.458. The maximum absolute atomic E-state index is 13.9. The smallest absolute Gasteiger partial charge is 0.410 e. The molecule has 54 heavy (non-hydrogen) atoms. The molecule has 282 valence electrons. The molecule has 1 amide bonds. The molecule has 0 aliphatic carbocycles. The molecule has 12 heteroatoms. The summed E-state index contributed by atoms with van der Waals surface area (Å²) in [6.45, 7) is 6.71. The van der Waals surface area contributed by atoms with Gasteiger partial charge in [0.2, 0.25) is 11.8 Å². The van der Waals surface area contributed by atoms with Crippen LogP contribution in [0.25, 0.3) is 10.8 Å². The van der Waals surface area contributed by atoms with Crippen molar-refractivity contribution in [2.24, 2.45) is 16.6 Å². The number of amidine groups is 1. The molecule has 0 spiro atoms. The molecule has 0 unspecified atom stereocenters. The molecule has 1 atom stereocenters. The van der Waals surface area contributed by atoms with Crippen molar-refractivity contribution in [1.29, 1.82) is 0 Å². The first kappa shape index (κ1) is 37.6. The Morgan fingerprint density at radius 2 is 1.35 bits per heavy atom. The fourth-order valence-electron chi connectivity index (χ4n) is 6.20. The van der Waals surface area contributed by atoms with E-state index in [2.05, 4.69) is 4.99 Å². The number of hydrogen-bond donors (Lipinski definition) is 3. The molecule has 1 aliphatic rings. The van der Waals surface area contributed by atoms with Gasteiger partial charge >= 0.3 is 12.1 Å². The van der Waals surface area contributed by atoms with Crippen molar-refractivity contribution in [3.05, 3.63) is 126 Å². The largest absolute Gasteiger partial charge is 0.492 e. The summed E-state index contributed by atoms with van der Waals surface area (Å²) >= 11 is 0. The molecule has 0 bridgehead atoms. The number of nitrogens with zero attached hydrogens (tertiary/aromatic N) is 3. The molecule has 0 saturated carbocycles. The van der Waals surface area contributed by atoms with E-state index >= 15 is 0 Å². The third-order valence-corrected chi connectivity index (χ3v) is 9.06. The average molecular weight is 735 g/mol. The van der Waals surface area contributed by atoms with Gasteiger partial charge in [-0.3, -0.25) is 4.99 Å². The van der Waals surface area contributed by atoms with Crippen molar-refractivity contribution >= 4 is 28.7 Å². The van der Waals surface area contributed by atoms with Crippen LogP contribution in [0.15, 0.2) is 114 Å². The van der Waals surface area contributed by atoms with Crippen molar-refractivity contribution in [3.8, 4) is 17.5 Å². The lowest BCUT2D eigenvalue weighted by Gasteiger charge is -2.33. The van der Waals surface area contributed by atoms with Crippen LogP contribution in [0.4, 0.5) is 4.79 Å². The summed E-state index contributed by atoms with van der Waals surface area (Å²) in [6, 6.07) is 32.5. The fraction of sp³-hybridized carbons (Fsp3) is 0.310. The second-order valence-corrected chi connectivity index (χ2v) is 14.2. The van der Waals surface area contributed by atoms with E-state index in [-0.39, 0.29) is 30.4 Å². The number of aromatic hydroxyl groups is 2. The van der Waals surface area contributed by atoms with Crippen LogP contribution >= 0.6 is 0 Å². The predicted octanol–water partition coefficient (Wildman–Crippen LogP) is 6.77. The Balaban J connectivity index is 1.13. The second-order valence-electron chi connectivity index (χ2n) is 14.2. The summed E-state index contributed by atoms with van der Waals surface area (Å²) in [4.78, 5) is 38.7. The Morgan fingerprint density at radius 1 is 0.815 bits per heavy atom. The molecule has 5 aromatic rings. The van der Waals surface area contributed by atoms with Gasteiger partial charge in [0.05, 0.1) is 23.2 Å². The number of fused-ring (bicyclic) bond motifs is 1. The van der Waals surface area contributed by atoms with Crippen LogP contribution in [0, 0.1) is 5.92 Å². The molecular weight excluding hydrogens is 688 g/mol. The van der Waals surface area contributed by atoms with Gasteiger partial charge < -0.3 is 39.9 Å². The van der Waals surface area contributed by atoms with Crippen LogP contribution < -0.4 is 15.3 Å². The van der Waals surface area contributed by atoms with E-state index in [0.717, 1.165) is 21.4 Å². The molecule has 12 nitrogen and oxygen atoms in total. The van der Waals surface area contributed by atoms with Crippen molar-refractivity contribution in [3.63, 3.8) is 0 Å². The van der Waals surface area contributed by atoms with Gasteiger partial charge in [-0.15, -0.1) is 4.73 Å². The summed E-state index contributed by atoms with van der Waals surface area (Å²) in [5, 5.41) is 22.6. The number of piperidine rings is 1. The third kappa shape index (κ3) is 9.24. The monoisotopic (exact) mass is 734 g/mol. The van der Waals surface area contributed by atoms with E-state index in [0.29, 0.717) is 54.8 Å². The maximum Gasteiger partial charge on any atom is 0.410 e. The highest BCUT2D eigenvalue weighted by Gasteiger charge is 2.32. The van der Waals surface area contributed by atoms with Crippen molar-refractivity contribution in [2.75, 3.05) is 19.7 Å². The average Bonchev–Trinajstić information content (AvgIpc) is 3.42. The number of carbonyl (C=O) groups is 2. The Bertz CT molecular complexity index is 1970. The minimum atomic E-state index is -1.41. The first-order valence-corrected chi connectivity index (χ1v) is 17.9. The molecule has 2 heterocycles. The molecule has 4 aromatic carbocycles. The number of esters is 1. The summed E-state index contributed by atoms with van der Waals surface area (Å²) < 4.78 is 18.4. The number of rotatable bonds is 12. The van der Waals surface area contributed by atoms with Gasteiger partial charge in [0.1, 0.15) is 18.0 Å². The van der Waals surface area contributed by atoms with E-state index < -0.39 is 23.8 Å². The molecule has 0 radical (unpaired) electrons. The number of nitrogens with two attached hydrogens (primary N) is 1. The molecule has 4 N–H and O–H groups in total. The molecule has 6 rings (SSSR count). The van der Waals surface area contributed by atoms with Crippen LogP contribution in [-0.4, -0.2) is 69.1 Å². The number of hydrogen-bond acceptors (Lipinski definition) is 9. The Hall–Kier alpha value is -6.17. The van der Waals surface area contributed by atoms with E-state index in [1.54, 1.807) is 41.3 Å². The number of ether oxygens (including phenoxy) is 3. The predicted molar refractivity (Wildman–Crippen MR) is 204 cm³/mol. The zero-order valence-electron chi connectivity index (χ0n) is 30.6. The second kappa shape index (κ2) is 16.7. The van der Waals surface area contributed by atoms with E-state index in [9.17, 15) is 19.8 Å². The Labute approximate surface area is 314 Å². The number of aromatic nitrogens is 1. The Morgan fingerprint density at radius 3 is 1.89 bits per heavy atom. The minimum absolute atomic E-state index is 0.0723. The van der Waals surface area contributed by atoms with Gasteiger partial charge in [0.15, 0.2) is 6.10 Å². The van der Waals surface area contributed by atoms with Crippen LogP contribution in [0.5, 0.6) is 17.5 Å². The van der Waals surface area contributed by atoms with Crippen molar-refractivity contribution in [1.82, 2.24) is 9.63 Å². The molecule has 1 fully saturated rings. The van der Waals surface area contributed by atoms with Gasteiger partial charge in [0.25, 0.3) is 6.10 Å². The van der Waals surface area contributed by atoms with E-state index in [4.69, 9.17) is 24.8 Å². The van der Waals surface area contributed by atoms with Crippen molar-refractivity contribution in [2.45, 2.75) is 58.0 Å². The lowest BCUT2D eigenvalue weighted by molar-refractivity contribution is -0.164. The van der Waals surface area contributed by atoms with Crippen LogP contribution in [0.2, 0.25) is 0 Å². The number of carbonyl (C=O) groups excluding carboxylic acids is 2. The number of amides is 1. The minimum Gasteiger partial charge on any atom is -0.492 e. The van der Waals surface area contributed by atoms with Crippen molar-refractivity contribution < 1.29 is 38.9 Å². The highest BCUT2D eigenvalue weighted by Crippen LogP contribution is 2.35. The van der Waals surface area contributed by atoms with Gasteiger partial charge in [-0.25, -0.2) is 9.59 Å². The first-order valence-electron chi connectivity index (χ1n) is 17.9. The number of benzene rings is 4. The summed E-state index contributed by atoms with van der Waals surface area (Å²) in [7, 11) is 0. The van der Waals surface area contributed by atoms with E-state index in [1.165, 1.54) is 0 Å². The highest BCUT2D eigenvalue weighted by atomic mass is 16.7.